The fraction of sp³-hybridized carbons (Fsp3) is 0.294. The molecular weight excluding hydrogens is 412 g/mol. The number of ether oxygens (including phenoxy) is 1. The van der Waals surface area contributed by atoms with Crippen LogP contribution < -0.4 is 14.8 Å². The van der Waals surface area contributed by atoms with Crippen molar-refractivity contribution in [3.05, 3.63) is 47.9 Å². The number of imide groups is 1. The standard InChI is InChI=1S/C17H17F2N3O6S/c18-15(19)10-28-12-2-1-3-14(5-12)29(25,26)20-6-13-4-11(9-27-13)7-22-8-16(23)21-17(22)24/h1-5,9,15,20H,6-8,10H2,(H,21,23,24). The largest absolute Gasteiger partial charge is 0.488 e. The molecule has 3 rings (SSSR count). The molecule has 0 unspecified atom stereocenters. The summed E-state index contributed by atoms with van der Waals surface area (Å²) in [5.74, 6) is -0.0993. The monoisotopic (exact) mass is 429 g/mol. The van der Waals surface area contributed by atoms with E-state index in [1.54, 1.807) is 6.07 Å². The van der Waals surface area contributed by atoms with E-state index in [9.17, 15) is 26.8 Å². The van der Waals surface area contributed by atoms with Gasteiger partial charge in [-0.1, -0.05) is 6.07 Å². The second-order valence-electron chi connectivity index (χ2n) is 6.13. The van der Waals surface area contributed by atoms with Crippen molar-refractivity contribution in [3.8, 4) is 5.75 Å². The molecule has 12 heteroatoms. The van der Waals surface area contributed by atoms with Gasteiger partial charge in [0.2, 0.25) is 15.9 Å². The zero-order chi connectivity index (χ0) is 21.0. The number of benzene rings is 1. The molecular formula is C17H17F2N3O6S. The van der Waals surface area contributed by atoms with Gasteiger partial charge in [0.25, 0.3) is 6.43 Å². The number of carbonyl (C=O) groups excluding carboxylic acids is 2. The molecule has 1 aromatic heterocycles. The van der Waals surface area contributed by atoms with E-state index in [0.29, 0.717) is 11.3 Å². The smallest absolute Gasteiger partial charge is 0.324 e. The van der Waals surface area contributed by atoms with Crippen molar-refractivity contribution >= 4 is 22.0 Å². The molecule has 2 heterocycles. The Morgan fingerprint density at radius 1 is 1.28 bits per heavy atom. The molecule has 3 amide bonds. The van der Waals surface area contributed by atoms with Gasteiger partial charge in [0, 0.05) is 11.6 Å². The van der Waals surface area contributed by atoms with E-state index in [1.165, 1.54) is 29.4 Å². The van der Waals surface area contributed by atoms with Crippen LogP contribution in [0.5, 0.6) is 5.75 Å². The highest BCUT2D eigenvalue weighted by Gasteiger charge is 2.27. The summed E-state index contributed by atoms with van der Waals surface area (Å²) >= 11 is 0. The van der Waals surface area contributed by atoms with Gasteiger partial charge in [-0.15, -0.1) is 0 Å². The van der Waals surface area contributed by atoms with Gasteiger partial charge in [0.05, 0.1) is 24.2 Å². The van der Waals surface area contributed by atoms with Crippen LogP contribution in [-0.2, 0) is 27.9 Å². The molecule has 2 N–H and O–H groups in total. The van der Waals surface area contributed by atoms with Crippen molar-refractivity contribution < 1.29 is 35.9 Å². The van der Waals surface area contributed by atoms with Crippen LogP contribution in [0.3, 0.4) is 0 Å². The molecule has 0 bridgehead atoms. The first-order chi connectivity index (χ1) is 13.7. The lowest BCUT2D eigenvalue weighted by atomic mass is 10.3. The normalized spacial score (nSPS) is 14.5. The summed E-state index contributed by atoms with van der Waals surface area (Å²) in [6, 6.07) is 6.24. The highest BCUT2D eigenvalue weighted by Crippen LogP contribution is 2.19. The predicted octanol–water partition coefficient (Wildman–Crippen LogP) is 1.45. The lowest BCUT2D eigenvalue weighted by Gasteiger charge is -2.10. The Kier molecular flexibility index (Phi) is 6.13. The van der Waals surface area contributed by atoms with Crippen molar-refractivity contribution in [3.63, 3.8) is 0 Å². The maximum atomic E-state index is 12.4. The Morgan fingerprint density at radius 2 is 2.07 bits per heavy atom. The zero-order valence-electron chi connectivity index (χ0n) is 14.9. The van der Waals surface area contributed by atoms with Crippen molar-refractivity contribution in [2.45, 2.75) is 24.4 Å². The van der Waals surface area contributed by atoms with Crippen molar-refractivity contribution in [2.24, 2.45) is 0 Å². The molecule has 0 radical (unpaired) electrons. The Labute approximate surface area is 164 Å². The number of urea groups is 1. The van der Waals surface area contributed by atoms with E-state index >= 15 is 0 Å². The zero-order valence-corrected chi connectivity index (χ0v) is 15.7. The number of alkyl halides is 2. The minimum Gasteiger partial charge on any atom is -0.488 e. The number of carbonyl (C=O) groups is 2. The number of hydrogen-bond donors (Lipinski definition) is 2. The van der Waals surface area contributed by atoms with Crippen LogP contribution in [0.15, 0.2) is 45.9 Å². The number of nitrogens with one attached hydrogen (secondary N) is 2. The van der Waals surface area contributed by atoms with Crippen LogP contribution in [-0.4, -0.2) is 44.8 Å². The second kappa shape index (κ2) is 8.57. The van der Waals surface area contributed by atoms with Crippen LogP contribution in [0.2, 0.25) is 0 Å². The van der Waals surface area contributed by atoms with Crippen molar-refractivity contribution in [1.29, 1.82) is 0 Å². The van der Waals surface area contributed by atoms with E-state index in [2.05, 4.69) is 10.0 Å². The van der Waals surface area contributed by atoms with Crippen molar-refractivity contribution in [1.82, 2.24) is 14.9 Å². The summed E-state index contributed by atoms with van der Waals surface area (Å²) in [6.45, 7) is -0.935. The van der Waals surface area contributed by atoms with Gasteiger partial charge in [0.1, 0.15) is 24.7 Å². The van der Waals surface area contributed by atoms with Gasteiger partial charge < -0.3 is 14.1 Å². The Bertz CT molecular complexity index is 1010. The molecule has 1 aliphatic heterocycles. The van der Waals surface area contributed by atoms with E-state index in [-0.39, 0.29) is 30.3 Å². The summed E-state index contributed by atoms with van der Waals surface area (Å²) in [7, 11) is -3.95. The minimum absolute atomic E-state index is 0.00639. The maximum absolute atomic E-state index is 12.4. The second-order valence-corrected chi connectivity index (χ2v) is 7.90. The summed E-state index contributed by atoms with van der Waals surface area (Å²) in [6.07, 6.45) is -1.32. The molecule has 9 nitrogen and oxygen atoms in total. The predicted molar refractivity (Wildman–Crippen MR) is 94.6 cm³/mol. The van der Waals surface area contributed by atoms with E-state index in [4.69, 9.17) is 9.15 Å². The van der Waals surface area contributed by atoms with Crippen LogP contribution in [0, 0.1) is 0 Å². The highest BCUT2D eigenvalue weighted by atomic mass is 32.2. The first-order valence-corrected chi connectivity index (χ1v) is 9.87. The Balaban J connectivity index is 1.59. The summed E-state index contributed by atoms with van der Waals surface area (Å²) in [4.78, 5) is 23.9. The minimum atomic E-state index is -3.95. The lowest BCUT2D eigenvalue weighted by molar-refractivity contribution is -0.118. The average Bonchev–Trinajstić information content (AvgIpc) is 3.24. The van der Waals surface area contributed by atoms with Gasteiger partial charge >= 0.3 is 6.03 Å². The molecule has 0 spiro atoms. The number of furan rings is 1. The lowest BCUT2D eigenvalue weighted by Crippen LogP contribution is -2.27. The van der Waals surface area contributed by atoms with E-state index in [0.717, 1.165) is 6.07 Å². The molecule has 0 saturated carbocycles. The van der Waals surface area contributed by atoms with Gasteiger partial charge in [-0.2, -0.15) is 0 Å². The molecule has 1 saturated heterocycles. The molecule has 1 aliphatic rings. The summed E-state index contributed by atoms with van der Waals surface area (Å²) < 4.78 is 61.7. The SMILES string of the molecule is O=C1CN(Cc2coc(CNS(=O)(=O)c3cccc(OCC(F)F)c3)c2)C(=O)N1. The first-order valence-electron chi connectivity index (χ1n) is 8.38. The summed E-state index contributed by atoms with van der Waals surface area (Å²) in [5, 5.41) is 2.15. The molecule has 1 aromatic carbocycles. The van der Waals surface area contributed by atoms with E-state index < -0.39 is 35.0 Å². The molecule has 0 aliphatic carbocycles. The fourth-order valence-electron chi connectivity index (χ4n) is 2.57. The topological polar surface area (TPSA) is 118 Å². The van der Waals surface area contributed by atoms with Gasteiger partial charge in [0.15, 0.2) is 0 Å². The van der Waals surface area contributed by atoms with Crippen LogP contribution in [0.4, 0.5) is 13.6 Å². The van der Waals surface area contributed by atoms with Crippen molar-refractivity contribution in [2.75, 3.05) is 13.2 Å². The van der Waals surface area contributed by atoms with Crippen LogP contribution in [0.25, 0.3) is 0 Å². The van der Waals surface area contributed by atoms with Crippen LogP contribution in [0.1, 0.15) is 11.3 Å². The summed E-state index contributed by atoms with van der Waals surface area (Å²) in [5.41, 5.74) is 0.589. The number of hydrogen-bond acceptors (Lipinski definition) is 6. The molecule has 2 aromatic rings. The number of nitrogens with zero attached hydrogens (tertiary/aromatic N) is 1. The fourth-order valence-corrected chi connectivity index (χ4v) is 3.60. The Hall–Kier alpha value is -2.99. The average molecular weight is 429 g/mol. The third-order valence-electron chi connectivity index (χ3n) is 3.88. The molecule has 1 fully saturated rings. The quantitative estimate of drug-likeness (QED) is 0.583. The van der Waals surface area contributed by atoms with Gasteiger partial charge in [-0.25, -0.2) is 26.7 Å². The van der Waals surface area contributed by atoms with Gasteiger partial charge in [-0.05, 0) is 18.2 Å². The maximum Gasteiger partial charge on any atom is 0.324 e. The first kappa shape index (κ1) is 20.7. The number of halogens is 2. The molecule has 156 valence electrons. The third-order valence-corrected chi connectivity index (χ3v) is 5.28. The third kappa shape index (κ3) is 5.51. The molecule has 0 atom stereocenters. The number of amides is 3. The van der Waals surface area contributed by atoms with Crippen LogP contribution >= 0.6 is 0 Å². The Morgan fingerprint density at radius 3 is 2.76 bits per heavy atom. The van der Waals surface area contributed by atoms with E-state index in [1.807, 2.05) is 0 Å². The van der Waals surface area contributed by atoms with Gasteiger partial charge in [-0.3, -0.25) is 10.1 Å². The highest BCUT2D eigenvalue weighted by molar-refractivity contribution is 7.89. The molecule has 29 heavy (non-hydrogen) atoms. The number of sulfonamides is 1. The number of rotatable bonds is 9.